The molecule has 1 aromatic heterocycles. The predicted molar refractivity (Wildman–Crippen MR) is 121 cm³/mol. The van der Waals surface area contributed by atoms with E-state index in [1.807, 2.05) is 0 Å². The second kappa shape index (κ2) is 10.8. The van der Waals surface area contributed by atoms with E-state index in [1.54, 1.807) is 30.3 Å². The number of morpholine rings is 1. The van der Waals surface area contributed by atoms with Crippen LogP contribution in [0.5, 0.6) is 5.75 Å². The zero-order chi connectivity index (χ0) is 23.0. The standard InChI is InChI=1S/C23H25FN6O3/c1-32-20-14-17(24)4-7-19(20)21-26-15-27-23(29-21)28-18-5-2-16(3-6-18)22(31)25-8-9-30-10-12-33-13-11-30/h2-7,14-15H,8-13H2,1H3,(H,25,31)(H,26,27,28,29). The summed E-state index contributed by atoms with van der Waals surface area (Å²) in [5.41, 5.74) is 1.83. The predicted octanol–water partition coefficient (Wildman–Crippen LogP) is 2.49. The minimum Gasteiger partial charge on any atom is -0.496 e. The first kappa shape index (κ1) is 22.6. The zero-order valence-corrected chi connectivity index (χ0v) is 18.3. The zero-order valence-electron chi connectivity index (χ0n) is 18.3. The van der Waals surface area contributed by atoms with Crippen LogP contribution in [0.4, 0.5) is 16.0 Å². The fourth-order valence-electron chi connectivity index (χ4n) is 3.42. The van der Waals surface area contributed by atoms with E-state index in [1.165, 1.54) is 25.6 Å². The number of methoxy groups -OCH3 is 1. The summed E-state index contributed by atoms with van der Waals surface area (Å²) in [6, 6.07) is 11.2. The molecule has 2 N–H and O–H groups in total. The second-order valence-corrected chi connectivity index (χ2v) is 7.39. The number of rotatable bonds is 8. The van der Waals surface area contributed by atoms with Gasteiger partial charge in [0.1, 0.15) is 17.9 Å². The molecule has 4 rings (SSSR count). The molecular weight excluding hydrogens is 427 g/mol. The lowest BCUT2D eigenvalue weighted by molar-refractivity contribution is 0.0383. The van der Waals surface area contributed by atoms with E-state index in [2.05, 4.69) is 30.5 Å². The molecule has 3 aromatic rings. The molecule has 2 heterocycles. The molecule has 1 aliphatic heterocycles. The molecule has 2 aromatic carbocycles. The molecule has 1 fully saturated rings. The quantitative estimate of drug-likeness (QED) is 0.538. The van der Waals surface area contributed by atoms with Crippen LogP contribution in [-0.2, 0) is 4.74 Å². The van der Waals surface area contributed by atoms with Crippen LogP contribution in [0.25, 0.3) is 11.4 Å². The average Bonchev–Trinajstić information content (AvgIpc) is 2.85. The molecule has 0 saturated carbocycles. The second-order valence-electron chi connectivity index (χ2n) is 7.39. The van der Waals surface area contributed by atoms with Gasteiger partial charge in [-0.05, 0) is 36.4 Å². The van der Waals surface area contributed by atoms with Gasteiger partial charge in [0.2, 0.25) is 5.95 Å². The summed E-state index contributed by atoms with van der Waals surface area (Å²) in [4.78, 5) is 27.3. The number of benzene rings is 2. The third-order valence-corrected chi connectivity index (χ3v) is 5.20. The molecule has 0 bridgehead atoms. The van der Waals surface area contributed by atoms with Crippen molar-refractivity contribution >= 4 is 17.5 Å². The van der Waals surface area contributed by atoms with Gasteiger partial charge in [0.05, 0.1) is 25.9 Å². The maximum absolute atomic E-state index is 13.5. The van der Waals surface area contributed by atoms with Crippen molar-refractivity contribution in [2.45, 2.75) is 0 Å². The number of carbonyl (C=O) groups excluding carboxylic acids is 1. The summed E-state index contributed by atoms with van der Waals surface area (Å²) >= 11 is 0. The summed E-state index contributed by atoms with van der Waals surface area (Å²) in [5.74, 6) is 0.458. The van der Waals surface area contributed by atoms with Gasteiger partial charge in [-0.25, -0.2) is 14.4 Å². The molecule has 10 heteroatoms. The van der Waals surface area contributed by atoms with Gasteiger partial charge < -0.3 is 20.1 Å². The monoisotopic (exact) mass is 452 g/mol. The minimum atomic E-state index is -0.409. The van der Waals surface area contributed by atoms with E-state index >= 15 is 0 Å². The van der Waals surface area contributed by atoms with Crippen molar-refractivity contribution in [2.75, 3.05) is 51.8 Å². The Morgan fingerprint density at radius 3 is 2.70 bits per heavy atom. The Kier molecular flexibility index (Phi) is 7.38. The first-order chi connectivity index (χ1) is 16.1. The largest absolute Gasteiger partial charge is 0.496 e. The normalized spacial score (nSPS) is 14.0. The highest BCUT2D eigenvalue weighted by molar-refractivity contribution is 5.94. The van der Waals surface area contributed by atoms with Gasteiger partial charge >= 0.3 is 0 Å². The summed E-state index contributed by atoms with van der Waals surface area (Å²) in [6.45, 7) is 4.64. The first-order valence-electron chi connectivity index (χ1n) is 10.6. The maximum atomic E-state index is 13.5. The summed E-state index contributed by atoms with van der Waals surface area (Å²) in [7, 11) is 1.46. The van der Waals surface area contributed by atoms with Gasteiger partial charge in [-0.1, -0.05) is 0 Å². The third-order valence-electron chi connectivity index (χ3n) is 5.20. The smallest absolute Gasteiger partial charge is 0.251 e. The summed E-state index contributed by atoms with van der Waals surface area (Å²) in [5, 5.41) is 6.03. The van der Waals surface area contributed by atoms with E-state index in [0.717, 1.165) is 32.8 Å². The molecule has 1 amide bonds. The number of hydrogen-bond donors (Lipinski definition) is 2. The number of carbonyl (C=O) groups is 1. The van der Waals surface area contributed by atoms with E-state index in [-0.39, 0.29) is 5.91 Å². The average molecular weight is 452 g/mol. The maximum Gasteiger partial charge on any atom is 0.251 e. The molecule has 0 atom stereocenters. The van der Waals surface area contributed by atoms with Crippen molar-refractivity contribution in [3.05, 3.63) is 60.2 Å². The van der Waals surface area contributed by atoms with Crippen LogP contribution < -0.4 is 15.4 Å². The van der Waals surface area contributed by atoms with Crippen molar-refractivity contribution in [1.29, 1.82) is 0 Å². The Morgan fingerprint density at radius 1 is 1.15 bits per heavy atom. The Hall–Kier alpha value is -3.63. The van der Waals surface area contributed by atoms with E-state index in [9.17, 15) is 9.18 Å². The highest BCUT2D eigenvalue weighted by Crippen LogP contribution is 2.28. The van der Waals surface area contributed by atoms with Gasteiger partial charge in [-0.2, -0.15) is 4.98 Å². The lowest BCUT2D eigenvalue weighted by Gasteiger charge is -2.26. The van der Waals surface area contributed by atoms with Crippen molar-refractivity contribution in [3.8, 4) is 17.1 Å². The number of nitrogens with one attached hydrogen (secondary N) is 2. The van der Waals surface area contributed by atoms with Gasteiger partial charge in [0.25, 0.3) is 5.91 Å². The van der Waals surface area contributed by atoms with Crippen LogP contribution in [-0.4, -0.2) is 72.3 Å². The van der Waals surface area contributed by atoms with Crippen molar-refractivity contribution in [3.63, 3.8) is 0 Å². The molecule has 172 valence electrons. The summed E-state index contributed by atoms with van der Waals surface area (Å²) < 4.78 is 24.0. The molecule has 0 spiro atoms. The Labute approximate surface area is 191 Å². The van der Waals surface area contributed by atoms with Crippen LogP contribution in [0.3, 0.4) is 0 Å². The van der Waals surface area contributed by atoms with Crippen molar-refractivity contribution in [1.82, 2.24) is 25.2 Å². The van der Waals surface area contributed by atoms with Crippen LogP contribution in [0, 0.1) is 5.82 Å². The van der Waals surface area contributed by atoms with Crippen LogP contribution in [0.2, 0.25) is 0 Å². The number of hydrogen-bond acceptors (Lipinski definition) is 8. The fourth-order valence-corrected chi connectivity index (χ4v) is 3.42. The molecule has 0 radical (unpaired) electrons. The lowest BCUT2D eigenvalue weighted by atomic mass is 10.2. The number of aromatic nitrogens is 3. The Bertz CT molecular complexity index is 1090. The van der Waals surface area contributed by atoms with Crippen molar-refractivity contribution < 1.29 is 18.7 Å². The summed E-state index contributed by atoms with van der Waals surface area (Å²) in [6.07, 6.45) is 1.36. The number of ether oxygens (including phenoxy) is 2. The van der Waals surface area contributed by atoms with Crippen LogP contribution in [0.1, 0.15) is 10.4 Å². The number of halogens is 1. The van der Waals surface area contributed by atoms with Crippen LogP contribution in [0.15, 0.2) is 48.8 Å². The number of anilines is 2. The van der Waals surface area contributed by atoms with E-state index < -0.39 is 5.82 Å². The SMILES string of the molecule is COc1cc(F)ccc1-c1ncnc(Nc2ccc(C(=O)NCCN3CCOCC3)cc2)n1. The topological polar surface area (TPSA) is 102 Å². The highest BCUT2D eigenvalue weighted by Gasteiger charge is 2.13. The Morgan fingerprint density at radius 2 is 1.94 bits per heavy atom. The van der Waals surface area contributed by atoms with E-state index in [4.69, 9.17) is 9.47 Å². The first-order valence-corrected chi connectivity index (χ1v) is 10.6. The van der Waals surface area contributed by atoms with Crippen LogP contribution >= 0.6 is 0 Å². The third kappa shape index (κ3) is 5.99. The number of amides is 1. The fraction of sp³-hybridized carbons (Fsp3) is 0.304. The molecule has 0 aliphatic carbocycles. The molecule has 1 saturated heterocycles. The molecule has 0 unspecified atom stereocenters. The lowest BCUT2D eigenvalue weighted by Crippen LogP contribution is -2.41. The molecule has 1 aliphatic rings. The Balaban J connectivity index is 1.36. The van der Waals surface area contributed by atoms with Gasteiger partial charge in [0, 0.05) is 43.5 Å². The molecular formula is C23H25FN6O3. The highest BCUT2D eigenvalue weighted by atomic mass is 19.1. The molecule has 9 nitrogen and oxygen atoms in total. The van der Waals surface area contributed by atoms with Gasteiger partial charge in [0.15, 0.2) is 5.82 Å². The van der Waals surface area contributed by atoms with Crippen molar-refractivity contribution in [2.24, 2.45) is 0 Å². The van der Waals surface area contributed by atoms with E-state index in [0.29, 0.717) is 40.9 Å². The minimum absolute atomic E-state index is 0.124. The van der Waals surface area contributed by atoms with Gasteiger partial charge in [-0.3, -0.25) is 9.69 Å². The molecule has 33 heavy (non-hydrogen) atoms. The van der Waals surface area contributed by atoms with Gasteiger partial charge in [-0.15, -0.1) is 0 Å². The number of nitrogens with zero attached hydrogens (tertiary/aromatic N) is 4.